The zero-order chi connectivity index (χ0) is 18.8. The molecule has 26 heavy (non-hydrogen) atoms. The van der Waals surface area contributed by atoms with E-state index in [1.807, 2.05) is 55.5 Å². The topological polar surface area (TPSA) is 59.3 Å². The second kappa shape index (κ2) is 10.0. The number of rotatable bonds is 9. The van der Waals surface area contributed by atoms with Crippen LogP contribution in [0.3, 0.4) is 0 Å². The molecule has 0 saturated carbocycles. The van der Waals surface area contributed by atoms with Gasteiger partial charge in [0.1, 0.15) is 5.75 Å². The second-order valence-corrected chi connectivity index (χ2v) is 6.01. The Hall–Kier alpha value is -3.06. The molecule has 0 bridgehead atoms. The fourth-order valence-corrected chi connectivity index (χ4v) is 2.51. The third kappa shape index (κ3) is 6.10. The Morgan fingerprint density at radius 2 is 1.73 bits per heavy atom. The molecule has 0 saturated heterocycles. The van der Waals surface area contributed by atoms with E-state index in [1.54, 1.807) is 0 Å². The molecule has 0 spiro atoms. The van der Waals surface area contributed by atoms with Crippen molar-refractivity contribution in [3.63, 3.8) is 0 Å². The largest absolute Gasteiger partial charge is 0.494 e. The molecule has 2 aromatic carbocycles. The van der Waals surface area contributed by atoms with Crippen LogP contribution in [-0.2, 0) is 9.53 Å². The van der Waals surface area contributed by atoms with Gasteiger partial charge in [-0.1, -0.05) is 30.8 Å². The highest BCUT2D eigenvalue weighted by Crippen LogP contribution is 2.23. The average Bonchev–Trinajstić information content (AvgIpc) is 2.68. The van der Waals surface area contributed by atoms with Gasteiger partial charge in [0, 0.05) is 6.08 Å². The molecule has 4 heteroatoms. The summed E-state index contributed by atoms with van der Waals surface area (Å²) in [6, 6.07) is 17.5. The number of carbonyl (C=O) groups is 1. The van der Waals surface area contributed by atoms with Crippen molar-refractivity contribution in [2.24, 2.45) is 0 Å². The van der Waals surface area contributed by atoms with Gasteiger partial charge in [-0.2, -0.15) is 5.26 Å². The predicted octanol–water partition coefficient (Wildman–Crippen LogP) is 4.89. The van der Waals surface area contributed by atoms with Crippen LogP contribution in [0.4, 0.5) is 0 Å². The Balaban J connectivity index is 1.73. The van der Waals surface area contributed by atoms with Crippen molar-refractivity contribution < 1.29 is 14.3 Å². The van der Waals surface area contributed by atoms with Crippen LogP contribution in [0.2, 0.25) is 0 Å². The van der Waals surface area contributed by atoms with Crippen LogP contribution < -0.4 is 4.74 Å². The normalized spacial score (nSPS) is 11.2. The van der Waals surface area contributed by atoms with Crippen LogP contribution in [0.5, 0.6) is 5.75 Å². The van der Waals surface area contributed by atoms with Crippen molar-refractivity contribution in [2.75, 3.05) is 6.61 Å². The summed E-state index contributed by atoms with van der Waals surface area (Å²) in [5.74, 6) is 0.449. The highest BCUT2D eigenvalue weighted by atomic mass is 16.5. The highest BCUT2D eigenvalue weighted by Gasteiger charge is 2.06. The van der Waals surface area contributed by atoms with Crippen molar-refractivity contribution in [1.29, 1.82) is 5.26 Å². The van der Waals surface area contributed by atoms with Crippen LogP contribution in [0.25, 0.3) is 11.1 Å². The van der Waals surface area contributed by atoms with E-state index in [4.69, 9.17) is 14.7 Å². The number of hydrogen-bond acceptors (Lipinski definition) is 4. The summed E-state index contributed by atoms with van der Waals surface area (Å²) in [7, 11) is 0. The Morgan fingerprint density at radius 3 is 2.31 bits per heavy atom. The quantitative estimate of drug-likeness (QED) is 0.367. The van der Waals surface area contributed by atoms with Crippen LogP contribution in [-0.4, -0.2) is 18.7 Å². The molecule has 2 rings (SSSR count). The number of nitrogens with zero attached hydrogens (tertiary/aromatic N) is 1. The van der Waals surface area contributed by atoms with E-state index in [0.29, 0.717) is 12.2 Å². The van der Waals surface area contributed by atoms with Crippen molar-refractivity contribution in [3.8, 4) is 22.9 Å². The first kappa shape index (κ1) is 19.3. The van der Waals surface area contributed by atoms with Crippen molar-refractivity contribution in [2.45, 2.75) is 32.3 Å². The van der Waals surface area contributed by atoms with Gasteiger partial charge in [0.15, 0.2) is 0 Å². The van der Waals surface area contributed by atoms with Gasteiger partial charge in [0.2, 0.25) is 0 Å². The van der Waals surface area contributed by atoms with Gasteiger partial charge in [-0.3, -0.25) is 0 Å². The van der Waals surface area contributed by atoms with Crippen LogP contribution in [0.1, 0.15) is 31.7 Å². The first-order chi connectivity index (χ1) is 12.6. The lowest BCUT2D eigenvalue weighted by Gasteiger charge is -2.12. The van der Waals surface area contributed by atoms with Gasteiger partial charge in [-0.05, 0) is 61.6 Å². The minimum atomic E-state index is -0.379. The molecule has 2 aromatic rings. The maximum atomic E-state index is 11.1. The molecule has 0 aromatic heterocycles. The Bertz CT molecular complexity index is 757. The van der Waals surface area contributed by atoms with Gasteiger partial charge < -0.3 is 9.47 Å². The van der Waals surface area contributed by atoms with E-state index in [-0.39, 0.29) is 12.1 Å². The lowest BCUT2D eigenvalue weighted by Crippen LogP contribution is -2.13. The van der Waals surface area contributed by atoms with E-state index >= 15 is 0 Å². The number of carbonyl (C=O) groups excluding carboxylic acids is 1. The molecule has 0 amide bonds. The number of benzene rings is 2. The third-order valence-corrected chi connectivity index (χ3v) is 3.96. The Morgan fingerprint density at radius 1 is 1.12 bits per heavy atom. The molecule has 0 aliphatic carbocycles. The molecule has 0 fully saturated rings. The number of esters is 1. The van der Waals surface area contributed by atoms with Crippen LogP contribution >= 0.6 is 0 Å². The SMILES string of the molecule is C=CC(=O)OC(C)CCCCOc1ccc(-c2ccc(C#N)cc2)cc1. The molecule has 0 heterocycles. The molecular weight excluding hydrogens is 326 g/mol. The van der Waals surface area contributed by atoms with E-state index < -0.39 is 0 Å². The summed E-state index contributed by atoms with van der Waals surface area (Å²) in [5, 5.41) is 8.84. The summed E-state index contributed by atoms with van der Waals surface area (Å²) >= 11 is 0. The maximum absolute atomic E-state index is 11.1. The third-order valence-electron chi connectivity index (χ3n) is 3.96. The van der Waals surface area contributed by atoms with Gasteiger partial charge in [0.25, 0.3) is 0 Å². The van der Waals surface area contributed by atoms with Crippen LogP contribution in [0, 0.1) is 11.3 Å². The number of ether oxygens (including phenoxy) is 2. The average molecular weight is 349 g/mol. The molecule has 0 N–H and O–H groups in total. The second-order valence-electron chi connectivity index (χ2n) is 6.01. The smallest absolute Gasteiger partial charge is 0.330 e. The van der Waals surface area contributed by atoms with Crippen molar-refractivity contribution in [1.82, 2.24) is 0 Å². The first-order valence-electron chi connectivity index (χ1n) is 8.69. The Kier molecular flexibility index (Phi) is 7.45. The van der Waals surface area contributed by atoms with Gasteiger partial charge >= 0.3 is 5.97 Å². The zero-order valence-electron chi connectivity index (χ0n) is 15.0. The number of unbranched alkanes of at least 4 members (excludes halogenated alkanes) is 1. The lowest BCUT2D eigenvalue weighted by atomic mass is 10.0. The molecular formula is C22H23NO3. The summed E-state index contributed by atoms with van der Waals surface area (Å²) < 4.78 is 10.9. The van der Waals surface area contributed by atoms with Crippen LogP contribution in [0.15, 0.2) is 61.2 Å². The van der Waals surface area contributed by atoms with Crippen molar-refractivity contribution >= 4 is 5.97 Å². The minimum absolute atomic E-state index is 0.104. The highest BCUT2D eigenvalue weighted by molar-refractivity contribution is 5.81. The molecule has 134 valence electrons. The summed E-state index contributed by atoms with van der Waals surface area (Å²) in [5.41, 5.74) is 2.81. The molecule has 1 unspecified atom stereocenters. The molecule has 1 atom stereocenters. The predicted molar refractivity (Wildman–Crippen MR) is 102 cm³/mol. The molecule has 4 nitrogen and oxygen atoms in total. The van der Waals surface area contributed by atoms with Gasteiger partial charge in [-0.25, -0.2) is 4.79 Å². The van der Waals surface area contributed by atoms with Crippen molar-refractivity contribution in [3.05, 3.63) is 66.7 Å². The minimum Gasteiger partial charge on any atom is -0.494 e. The van der Waals surface area contributed by atoms with E-state index in [2.05, 4.69) is 12.6 Å². The summed E-state index contributed by atoms with van der Waals surface area (Å²) in [4.78, 5) is 11.1. The summed E-state index contributed by atoms with van der Waals surface area (Å²) in [6.07, 6.45) is 3.71. The van der Waals surface area contributed by atoms with Gasteiger partial charge in [0.05, 0.1) is 24.3 Å². The maximum Gasteiger partial charge on any atom is 0.330 e. The van der Waals surface area contributed by atoms with E-state index in [9.17, 15) is 4.79 Å². The summed E-state index contributed by atoms with van der Waals surface area (Å²) in [6.45, 7) is 5.89. The number of hydrogen-bond donors (Lipinski definition) is 0. The number of nitriles is 1. The molecule has 0 aliphatic heterocycles. The molecule has 0 aliphatic rings. The van der Waals surface area contributed by atoms with Gasteiger partial charge in [-0.15, -0.1) is 0 Å². The fraction of sp³-hybridized carbons (Fsp3) is 0.273. The molecule has 0 radical (unpaired) electrons. The zero-order valence-corrected chi connectivity index (χ0v) is 15.0. The Labute approximate surface area is 154 Å². The van der Waals surface area contributed by atoms with E-state index in [1.165, 1.54) is 6.08 Å². The monoisotopic (exact) mass is 349 g/mol. The lowest BCUT2D eigenvalue weighted by molar-refractivity contribution is -0.142. The van der Waals surface area contributed by atoms with E-state index in [0.717, 1.165) is 36.1 Å². The standard InChI is InChI=1S/C22H23NO3/c1-3-22(24)26-17(2)6-4-5-15-25-21-13-11-20(12-14-21)19-9-7-18(16-23)8-10-19/h3,7-14,17H,1,4-6,15H2,2H3. The first-order valence-corrected chi connectivity index (χ1v) is 8.69. The fourth-order valence-electron chi connectivity index (χ4n) is 2.51.